The second-order valence-corrected chi connectivity index (χ2v) is 5.69. The summed E-state index contributed by atoms with van der Waals surface area (Å²) in [5.41, 5.74) is 2.81. The summed E-state index contributed by atoms with van der Waals surface area (Å²) in [5.74, 6) is 0.462. The first-order valence-corrected chi connectivity index (χ1v) is 7.86. The number of nitrogens with one attached hydrogen (secondary N) is 1. The van der Waals surface area contributed by atoms with E-state index < -0.39 is 6.10 Å². The summed E-state index contributed by atoms with van der Waals surface area (Å²) in [5, 5.41) is 6.78. The summed E-state index contributed by atoms with van der Waals surface area (Å²) in [7, 11) is 1.61. The second-order valence-electron chi connectivity index (χ2n) is 5.69. The Morgan fingerprint density at radius 3 is 2.40 bits per heavy atom. The Balaban J connectivity index is 1.60. The van der Waals surface area contributed by atoms with Gasteiger partial charge in [0.1, 0.15) is 5.75 Å². The van der Waals surface area contributed by atoms with Crippen LogP contribution in [0.15, 0.2) is 53.7 Å². The third-order valence-corrected chi connectivity index (χ3v) is 3.94. The van der Waals surface area contributed by atoms with Gasteiger partial charge in [0.15, 0.2) is 5.78 Å². The Bertz CT molecular complexity index is 810. The van der Waals surface area contributed by atoms with Gasteiger partial charge in [-0.05, 0) is 61.0 Å². The molecule has 0 saturated heterocycles. The molecule has 6 heteroatoms. The smallest absolute Gasteiger partial charge is 0.268 e. The molecule has 1 atom stereocenters. The summed E-state index contributed by atoms with van der Waals surface area (Å²) >= 11 is 0. The lowest BCUT2D eigenvalue weighted by atomic mass is 10.0. The SMILES string of the molecule is COc1ccc(C2=NOC(C(=O)Nc3ccc(C(C)=O)cc3)C2)cc1. The van der Waals surface area contributed by atoms with Crippen molar-refractivity contribution in [2.45, 2.75) is 19.4 Å². The maximum Gasteiger partial charge on any atom is 0.268 e. The van der Waals surface area contributed by atoms with Gasteiger partial charge in [0, 0.05) is 17.7 Å². The van der Waals surface area contributed by atoms with Crippen LogP contribution >= 0.6 is 0 Å². The van der Waals surface area contributed by atoms with Crippen LogP contribution in [0.2, 0.25) is 0 Å². The predicted octanol–water partition coefficient (Wildman–Crippen LogP) is 3.03. The molecule has 1 amide bonds. The van der Waals surface area contributed by atoms with Crippen LogP contribution in [-0.2, 0) is 9.63 Å². The summed E-state index contributed by atoms with van der Waals surface area (Å²) < 4.78 is 5.12. The first-order valence-electron chi connectivity index (χ1n) is 7.86. The van der Waals surface area contributed by atoms with E-state index in [-0.39, 0.29) is 11.7 Å². The molecule has 25 heavy (non-hydrogen) atoms. The van der Waals surface area contributed by atoms with Crippen molar-refractivity contribution in [3.63, 3.8) is 0 Å². The zero-order valence-electron chi connectivity index (χ0n) is 14.0. The molecule has 1 unspecified atom stereocenters. The number of carbonyl (C=O) groups excluding carboxylic acids is 2. The third-order valence-electron chi connectivity index (χ3n) is 3.94. The molecule has 2 aromatic rings. The van der Waals surface area contributed by atoms with Crippen molar-refractivity contribution in [1.29, 1.82) is 0 Å². The summed E-state index contributed by atoms with van der Waals surface area (Å²) in [6, 6.07) is 14.1. The largest absolute Gasteiger partial charge is 0.497 e. The van der Waals surface area contributed by atoms with Gasteiger partial charge in [-0.3, -0.25) is 9.59 Å². The monoisotopic (exact) mass is 338 g/mol. The van der Waals surface area contributed by atoms with Gasteiger partial charge in [-0.2, -0.15) is 0 Å². The number of ether oxygens (including phenoxy) is 1. The molecule has 1 heterocycles. The van der Waals surface area contributed by atoms with Gasteiger partial charge in [-0.15, -0.1) is 0 Å². The number of oxime groups is 1. The quantitative estimate of drug-likeness (QED) is 0.850. The van der Waals surface area contributed by atoms with Crippen molar-refractivity contribution in [1.82, 2.24) is 0 Å². The maximum atomic E-state index is 12.3. The zero-order chi connectivity index (χ0) is 17.8. The lowest BCUT2D eigenvalue weighted by molar-refractivity contribution is -0.125. The first kappa shape index (κ1) is 16.7. The highest BCUT2D eigenvalue weighted by molar-refractivity contribution is 6.06. The molecule has 0 bridgehead atoms. The van der Waals surface area contributed by atoms with Crippen molar-refractivity contribution >= 4 is 23.1 Å². The standard InChI is InChI=1S/C19H18N2O4/c1-12(22)13-3-7-15(8-4-13)20-19(23)18-11-17(21-25-18)14-5-9-16(24-2)10-6-14/h3-10,18H,11H2,1-2H3,(H,20,23). The molecule has 3 rings (SSSR count). The van der Waals surface area contributed by atoms with E-state index in [2.05, 4.69) is 10.5 Å². The molecule has 0 aliphatic carbocycles. The van der Waals surface area contributed by atoms with E-state index in [1.807, 2.05) is 24.3 Å². The van der Waals surface area contributed by atoms with Gasteiger partial charge in [-0.25, -0.2) is 0 Å². The molecule has 1 aliphatic heterocycles. The Kier molecular flexibility index (Phi) is 4.79. The Labute approximate surface area is 145 Å². The molecule has 128 valence electrons. The Morgan fingerprint density at radius 2 is 1.80 bits per heavy atom. The van der Waals surface area contributed by atoms with Gasteiger partial charge in [0.05, 0.1) is 12.8 Å². The fourth-order valence-electron chi connectivity index (χ4n) is 2.48. The van der Waals surface area contributed by atoms with E-state index in [0.29, 0.717) is 17.7 Å². The molecule has 1 aliphatic rings. The van der Waals surface area contributed by atoms with Gasteiger partial charge in [-0.1, -0.05) is 5.16 Å². The number of carbonyl (C=O) groups is 2. The van der Waals surface area contributed by atoms with Gasteiger partial charge >= 0.3 is 0 Å². The first-order chi connectivity index (χ1) is 12.1. The van der Waals surface area contributed by atoms with Crippen LogP contribution in [0.5, 0.6) is 5.75 Å². The number of amides is 1. The molecule has 0 spiro atoms. The molecular formula is C19H18N2O4. The van der Waals surface area contributed by atoms with E-state index in [1.165, 1.54) is 6.92 Å². The molecule has 6 nitrogen and oxygen atoms in total. The number of hydrogen-bond donors (Lipinski definition) is 1. The van der Waals surface area contributed by atoms with E-state index >= 15 is 0 Å². The average Bonchev–Trinajstić information content (AvgIpc) is 3.12. The van der Waals surface area contributed by atoms with E-state index in [0.717, 1.165) is 17.0 Å². The molecule has 2 aromatic carbocycles. The summed E-state index contributed by atoms with van der Waals surface area (Å²) in [6.45, 7) is 1.50. The molecule has 0 fully saturated rings. The van der Waals surface area contributed by atoms with Crippen LogP contribution in [0.4, 0.5) is 5.69 Å². The zero-order valence-corrected chi connectivity index (χ0v) is 14.0. The summed E-state index contributed by atoms with van der Waals surface area (Å²) in [6.07, 6.45) is -0.284. The number of benzene rings is 2. The van der Waals surface area contributed by atoms with E-state index in [1.54, 1.807) is 31.4 Å². The number of methoxy groups -OCH3 is 1. The third kappa shape index (κ3) is 3.85. The minimum absolute atomic E-state index is 0.0189. The van der Waals surface area contributed by atoms with Crippen LogP contribution in [0.3, 0.4) is 0 Å². The van der Waals surface area contributed by atoms with Crippen LogP contribution < -0.4 is 10.1 Å². The highest BCUT2D eigenvalue weighted by Crippen LogP contribution is 2.20. The Morgan fingerprint density at radius 1 is 1.12 bits per heavy atom. The van der Waals surface area contributed by atoms with Crippen LogP contribution in [0.25, 0.3) is 0 Å². The number of anilines is 1. The molecular weight excluding hydrogens is 320 g/mol. The number of Topliss-reactive ketones (excluding diaryl/α,β-unsaturated/α-hetero) is 1. The molecule has 1 N–H and O–H groups in total. The highest BCUT2D eigenvalue weighted by atomic mass is 16.6. The number of rotatable bonds is 5. The van der Waals surface area contributed by atoms with Crippen molar-refractivity contribution in [3.8, 4) is 5.75 Å². The lowest BCUT2D eigenvalue weighted by Crippen LogP contribution is -2.28. The second kappa shape index (κ2) is 7.17. The Hall–Kier alpha value is -3.15. The highest BCUT2D eigenvalue weighted by Gasteiger charge is 2.29. The lowest BCUT2D eigenvalue weighted by Gasteiger charge is -2.09. The van der Waals surface area contributed by atoms with Crippen molar-refractivity contribution in [2.24, 2.45) is 5.16 Å². The fourth-order valence-corrected chi connectivity index (χ4v) is 2.48. The fraction of sp³-hybridized carbons (Fsp3) is 0.211. The minimum Gasteiger partial charge on any atom is -0.497 e. The average molecular weight is 338 g/mol. The van der Waals surface area contributed by atoms with E-state index in [9.17, 15) is 9.59 Å². The maximum absolute atomic E-state index is 12.3. The van der Waals surface area contributed by atoms with Crippen molar-refractivity contribution in [2.75, 3.05) is 12.4 Å². The number of hydrogen-bond acceptors (Lipinski definition) is 5. The number of ketones is 1. The number of nitrogens with zero attached hydrogens (tertiary/aromatic N) is 1. The van der Waals surface area contributed by atoms with Crippen LogP contribution in [-0.4, -0.2) is 30.6 Å². The van der Waals surface area contributed by atoms with Crippen LogP contribution in [0, 0.1) is 0 Å². The molecule has 0 radical (unpaired) electrons. The van der Waals surface area contributed by atoms with Gasteiger partial charge in [0.25, 0.3) is 5.91 Å². The van der Waals surface area contributed by atoms with Gasteiger partial charge in [0.2, 0.25) is 6.10 Å². The minimum atomic E-state index is -0.676. The molecule has 0 saturated carbocycles. The van der Waals surface area contributed by atoms with Gasteiger partial charge < -0.3 is 14.9 Å². The molecule has 0 aromatic heterocycles. The van der Waals surface area contributed by atoms with Crippen molar-refractivity contribution in [3.05, 3.63) is 59.7 Å². The van der Waals surface area contributed by atoms with E-state index in [4.69, 9.17) is 9.57 Å². The van der Waals surface area contributed by atoms with Crippen molar-refractivity contribution < 1.29 is 19.2 Å². The van der Waals surface area contributed by atoms with Crippen LogP contribution in [0.1, 0.15) is 29.3 Å². The summed E-state index contributed by atoms with van der Waals surface area (Å²) in [4.78, 5) is 28.8. The normalized spacial score (nSPS) is 15.9. The topological polar surface area (TPSA) is 77.0 Å². The predicted molar refractivity (Wildman–Crippen MR) is 94.1 cm³/mol.